The van der Waals surface area contributed by atoms with Crippen LogP contribution in [0.25, 0.3) is 32.9 Å². The molecule has 1 saturated carbocycles. The molecule has 7 rings (SSSR count). The molecule has 2 bridgehead atoms. The topological polar surface area (TPSA) is 84.3 Å². The fourth-order valence-corrected chi connectivity index (χ4v) is 6.18. The van der Waals surface area contributed by atoms with Gasteiger partial charge in [0.25, 0.3) is 0 Å². The summed E-state index contributed by atoms with van der Waals surface area (Å²) in [5.41, 5.74) is 1.72. The fourth-order valence-electron chi connectivity index (χ4n) is 6.18. The van der Waals surface area contributed by atoms with Crippen LogP contribution in [0.15, 0.2) is 67.0 Å². The Hall–Kier alpha value is -4.33. The maximum absolute atomic E-state index is 16.4. The minimum absolute atomic E-state index is 0.0516. The van der Waals surface area contributed by atoms with Crippen molar-refractivity contribution >= 4 is 27.5 Å². The molecule has 0 spiro atoms. The highest BCUT2D eigenvalue weighted by atomic mass is 19.1. The van der Waals surface area contributed by atoms with Crippen molar-refractivity contribution in [3.05, 3.63) is 78.5 Å². The summed E-state index contributed by atoms with van der Waals surface area (Å²) in [4.78, 5) is 20.5. The molecule has 0 radical (unpaired) electrons. The summed E-state index contributed by atoms with van der Waals surface area (Å²) in [7, 11) is 0. The number of aromatic hydroxyl groups is 1. The zero-order valence-electron chi connectivity index (χ0n) is 21.4. The number of phenols is 1. The Morgan fingerprint density at radius 1 is 0.949 bits per heavy atom. The number of phenolic OH excluding ortho intramolecular Hbond substituents is 1. The van der Waals surface area contributed by atoms with Crippen molar-refractivity contribution in [1.29, 1.82) is 0 Å². The van der Waals surface area contributed by atoms with Crippen LogP contribution in [0.2, 0.25) is 0 Å². The molecule has 2 atom stereocenters. The van der Waals surface area contributed by atoms with Gasteiger partial charge in [-0.25, -0.2) is 4.39 Å². The molecule has 3 aromatic heterocycles. The van der Waals surface area contributed by atoms with Gasteiger partial charge in [0.1, 0.15) is 22.8 Å². The number of pyridine rings is 2. The highest BCUT2D eigenvalue weighted by Gasteiger charge is 2.34. The standard InChI is InChI=1S/C31H28FN5O2/c32-27-28(25-15-23(38)14-21-5-1-2-7-24(21)25)34-16-26-29(27)35-31(39-12-10-22-6-3-4-11-33-22)36-30(26)37-17-19-8-9-20(13-19)18-37/h1-7,11,14-16,19-20,38H,8-10,12-13,17-18H2. The third-order valence-electron chi connectivity index (χ3n) is 7.97. The number of piperidine rings is 1. The van der Waals surface area contributed by atoms with E-state index in [-0.39, 0.29) is 23.0 Å². The lowest BCUT2D eigenvalue weighted by Gasteiger charge is -2.33. The molecule has 4 heterocycles. The number of fused-ring (bicyclic) bond motifs is 4. The molecule has 5 aromatic rings. The molecular weight excluding hydrogens is 493 g/mol. The largest absolute Gasteiger partial charge is 0.508 e. The monoisotopic (exact) mass is 521 g/mol. The average molecular weight is 522 g/mol. The van der Waals surface area contributed by atoms with Crippen molar-refractivity contribution in [1.82, 2.24) is 19.9 Å². The van der Waals surface area contributed by atoms with Crippen LogP contribution < -0.4 is 9.64 Å². The molecule has 8 heteroatoms. The zero-order chi connectivity index (χ0) is 26.3. The second-order valence-corrected chi connectivity index (χ2v) is 10.6. The Morgan fingerprint density at radius 3 is 2.59 bits per heavy atom. The molecule has 0 amide bonds. The molecule has 1 saturated heterocycles. The van der Waals surface area contributed by atoms with Gasteiger partial charge in [-0.3, -0.25) is 9.97 Å². The van der Waals surface area contributed by atoms with Gasteiger partial charge in [0.05, 0.1) is 12.0 Å². The van der Waals surface area contributed by atoms with Crippen LogP contribution >= 0.6 is 0 Å². The number of hydrogen-bond donors (Lipinski definition) is 1. The van der Waals surface area contributed by atoms with E-state index >= 15 is 4.39 Å². The first kappa shape index (κ1) is 23.8. The van der Waals surface area contributed by atoms with Crippen LogP contribution in [0.3, 0.4) is 0 Å². The molecule has 39 heavy (non-hydrogen) atoms. The van der Waals surface area contributed by atoms with E-state index in [4.69, 9.17) is 9.72 Å². The van der Waals surface area contributed by atoms with Gasteiger partial charge in [-0.05, 0) is 66.1 Å². The Bertz CT molecular complexity index is 1670. The van der Waals surface area contributed by atoms with Crippen LogP contribution in [-0.4, -0.2) is 44.7 Å². The van der Waals surface area contributed by atoms with E-state index in [0.29, 0.717) is 41.6 Å². The molecule has 2 unspecified atom stereocenters. The molecular formula is C31H28FN5O2. The predicted molar refractivity (Wildman–Crippen MR) is 148 cm³/mol. The summed E-state index contributed by atoms with van der Waals surface area (Å²) in [6.07, 6.45) is 7.69. The lowest BCUT2D eigenvalue weighted by atomic mass is 9.98. The Kier molecular flexibility index (Phi) is 5.95. The summed E-state index contributed by atoms with van der Waals surface area (Å²) in [5, 5.41) is 12.5. The molecule has 2 aromatic carbocycles. The Balaban J connectivity index is 1.33. The first-order chi connectivity index (χ1) is 19.1. The van der Waals surface area contributed by atoms with Crippen LogP contribution in [0.4, 0.5) is 10.2 Å². The minimum atomic E-state index is -0.554. The number of nitrogens with zero attached hydrogens (tertiary/aromatic N) is 5. The van der Waals surface area contributed by atoms with Crippen LogP contribution in [0, 0.1) is 17.7 Å². The average Bonchev–Trinajstić information content (AvgIpc) is 3.30. The van der Waals surface area contributed by atoms with Gasteiger partial charge in [-0.2, -0.15) is 9.97 Å². The summed E-state index contributed by atoms with van der Waals surface area (Å²) in [5.74, 6) is 1.41. The quantitative estimate of drug-likeness (QED) is 0.296. The van der Waals surface area contributed by atoms with Crippen LogP contribution in [0.1, 0.15) is 25.0 Å². The van der Waals surface area contributed by atoms with Crippen molar-refractivity contribution in [2.24, 2.45) is 11.8 Å². The highest BCUT2D eigenvalue weighted by molar-refractivity contribution is 5.99. The third kappa shape index (κ3) is 4.50. The van der Waals surface area contributed by atoms with Crippen LogP contribution in [0.5, 0.6) is 11.8 Å². The minimum Gasteiger partial charge on any atom is -0.508 e. The van der Waals surface area contributed by atoms with Crippen molar-refractivity contribution < 1.29 is 14.2 Å². The van der Waals surface area contributed by atoms with E-state index in [1.54, 1.807) is 24.5 Å². The molecule has 196 valence electrons. The number of halogens is 1. The maximum atomic E-state index is 16.4. The molecule has 1 aliphatic carbocycles. The first-order valence-corrected chi connectivity index (χ1v) is 13.5. The molecule has 2 fully saturated rings. The third-order valence-corrected chi connectivity index (χ3v) is 7.97. The number of aromatic nitrogens is 4. The Labute approximate surface area is 225 Å². The van der Waals surface area contributed by atoms with Gasteiger partial charge in [-0.15, -0.1) is 0 Å². The summed E-state index contributed by atoms with van der Waals surface area (Å²) in [6, 6.07) is 16.7. The molecule has 7 nitrogen and oxygen atoms in total. The van der Waals surface area contributed by atoms with Gasteiger partial charge >= 0.3 is 6.01 Å². The second kappa shape index (κ2) is 9.76. The zero-order valence-corrected chi connectivity index (χ0v) is 21.4. The van der Waals surface area contributed by atoms with E-state index in [0.717, 1.165) is 29.6 Å². The van der Waals surface area contributed by atoms with Crippen LogP contribution in [-0.2, 0) is 6.42 Å². The summed E-state index contributed by atoms with van der Waals surface area (Å²) >= 11 is 0. The fraction of sp³-hybridized carbons (Fsp3) is 0.290. The lowest BCUT2D eigenvalue weighted by Crippen LogP contribution is -2.37. The molecule has 1 aliphatic heterocycles. The summed E-state index contributed by atoms with van der Waals surface area (Å²) < 4.78 is 22.4. The van der Waals surface area contributed by atoms with Crippen molar-refractivity contribution in [3.8, 4) is 23.0 Å². The number of anilines is 1. The van der Waals surface area contributed by atoms with Gasteiger partial charge in [0.15, 0.2) is 5.82 Å². The second-order valence-electron chi connectivity index (χ2n) is 10.6. The number of rotatable bonds is 6. The van der Waals surface area contributed by atoms with Gasteiger partial charge in [0, 0.05) is 43.2 Å². The smallest absolute Gasteiger partial charge is 0.319 e. The highest BCUT2D eigenvalue weighted by Crippen LogP contribution is 2.41. The predicted octanol–water partition coefficient (Wildman–Crippen LogP) is 5.94. The SMILES string of the molecule is Oc1cc(-c2ncc3c(N4CC5CCC(C5)C4)nc(OCCc4ccccn4)nc3c2F)c2ccccc2c1. The van der Waals surface area contributed by atoms with Gasteiger partial charge < -0.3 is 14.7 Å². The Morgan fingerprint density at radius 2 is 1.77 bits per heavy atom. The normalized spacial score (nSPS) is 18.6. The first-order valence-electron chi connectivity index (χ1n) is 13.5. The molecule has 2 aliphatic rings. The van der Waals surface area contributed by atoms with E-state index in [1.807, 2.05) is 42.5 Å². The summed E-state index contributed by atoms with van der Waals surface area (Å²) in [6.45, 7) is 2.09. The lowest BCUT2D eigenvalue weighted by molar-refractivity contribution is 0.295. The van der Waals surface area contributed by atoms with E-state index in [2.05, 4.69) is 19.9 Å². The van der Waals surface area contributed by atoms with Crippen molar-refractivity contribution in [2.75, 3.05) is 24.6 Å². The van der Waals surface area contributed by atoms with E-state index < -0.39 is 5.82 Å². The van der Waals surface area contributed by atoms with Gasteiger partial charge in [-0.1, -0.05) is 30.3 Å². The maximum Gasteiger partial charge on any atom is 0.319 e. The van der Waals surface area contributed by atoms with E-state index in [1.165, 1.54) is 19.3 Å². The van der Waals surface area contributed by atoms with Crippen molar-refractivity contribution in [3.63, 3.8) is 0 Å². The van der Waals surface area contributed by atoms with Crippen molar-refractivity contribution in [2.45, 2.75) is 25.7 Å². The molecule has 1 N–H and O–H groups in total. The number of benzene rings is 2. The van der Waals surface area contributed by atoms with E-state index in [9.17, 15) is 5.11 Å². The number of hydrogen-bond acceptors (Lipinski definition) is 7. The number of ether oxygens (including phenoxy) is 1. The van der Waals surface area contributed by atoms with Gasteiger partial charge in [0.2, 0.25) is 0 Å².